The molecule has 1 aromatic heterocycles. The summed E-state index contributed by atoms with van der Waals surface area (Å²) in [4.78, 5) is 0. The molecule has 0 amide bonds. The van der Waals surface area contributed by atoms with Gasteiger partial charge in [-0.1, -0.05) is 24.3 Å². The number of aromatic nitrogens is 3. The van der Waals surface area contributed by atoms with Crippen molar-refractivity contribution in [1.29, 1.82) is 0 Å². The molecule has 6 heteroatoms. The SMILES string of the molecule is Nc1nnc([C@@H]2Cc3ccccc3CN2)n1N. The number of hydrogen-bond donors (Lipinski definition) is 3. The Bertz CT molecular complexity index is 547. The van der Waals surface area contributed by atoms with E-state index in [2.05, 4.69) is 27.6 Å². The molecule has 3 rings (SSSR count). The highest BCUT2D eigenvalue weighted by Gasteiger charge is 2.23. The minimum Gasteiger partial charge on any atom is -0.366 e. The van der Waals surface area contributed by atoms with Gasteiger partial charge in [0.2, 0.25) is 5.95 Å². The second-order valence-corrected chi connectivity index (χ2v) is 4.19. The van der Waals surface area contributed by atoms with E-state index in [1.807, 2.05) is 12.1 Å². The Hall–Kier alpha value is -2.08. The third-order valence-electron chi connectivity index (χ3n) is 3.14. The van der Waals surface area contributed by atoms with Crippen LogP contribution in [0.3, 0.4) is 0 Å². The second-order valence-electron chi connectivity index (χ2n) is 4.19. The Morgan fingerprint density at radius 3 is 2.71 bits per heavy atom. The summed E-state index contributed by atoms with van der Waals surface area (Å²) < 4.78 is 1.34. The average Bonchev–Trinajstić information content (AvgIpc) is 2.70. The third kappa shape index (κ3) is 1.62. The monoisotopic (exact) mass is 230 g/mol. The summed E-state index contributed by atoms with van der Waals surface area (Å²) >= 11 is 0. The lowest BCUT2D eigenvalue weighted by molar-refractivity contribution is 0.468. The predicted octanol–water partition coefficient (Wildman–Crippen LogP) is -0.0389. The van der Waals surface area contributed by atoms with Gasteiger partial charge < -0.3 is 16.9 Å². The molecule has 0 fully saturated rings. The van der Waals surface area contributed by atoms with E-state index in [0.29, 0.717) is 5.82 Å². The van der Waals surface area contributed by atoms with E-state index in [9.17, 15) is 0 Å². The zero-order valence-electron chi connectivity index (χ0n) is 9.30. The fourth-order valence-corrected chi connectivity index (χ4v) is 2.19. The number of anilines is 1. The van der Waals surface area contributed by atoms with Crippen LogP contribution in [0.25, 0.3) is 0 Å². The average molecular weight is 230 g/mol. The van der Waals surface area contributed by atoms with Crippen LogP contribution in [0.1, 0.15) is 23.0 Å². The molecule has 2 heterocycles. The lowest BCUT2D eigenvalue weighted by Gasteiger charge is -2.25. The van der Waals surface area contributed by atoms with E-state index >= 15 is 0 Å². The number of nitrogens with one attached hydrogen (secondary N) is 1. The quantitative estimate of drug-likeness (QED) is 0.598. The second kappa shape index (κ2) is 3.74. The highest BCUT2D eigenvalue weighted by Crippen LogP contribution is 2.24. The molecule has 1 aliphatic rings. The molecule has 1 aliphatic heterocycles. The standard InChI is InChI=1S/C11H14N6/c12-11-16-15-10(17(11)13)9-5-7-3-1-2-4-8(7)6-14-9/h1-4,9,14H,5-6,13H2,(H2,12,16)/t9-/m0/s1. The minimum absolute atomic E-state index is 0.0692. The van der Waals surface area contributed by atoms with E-state index in [0.717, 1.165) is 13.0 Å². The molecule has 0 radical (unpaired) electrons. The van der Waals surface area contributed by atoms with Crippen molar-refractivity contribution >= 4 is 5.95 Å². The Kier molecular flexibility index (Phi) is 2.22. The van der Waals surface area contributed by atoms with Crippen LogP contribution in [0.4, 0.5) is 5.95 Å². The van der Waals surface area contributed by atoms with Crippen LogP contribution in [-0.4, -0.2) is 14.9 Å². The van der Waals surface area contributed by atoms with Crippen LogP contribution >= 0.6 is 0 Å². The van der Waals surface area contributed by atoms with Gasteiger partial charge in [-0.15, -0.1) is 10.2 Å². The molecule has 0 unspecified atom stereocenters. The molecular weight excluding hydrogens is 216 g/mol. The van der Waals surface area contributed by atoms with Crippen molar-refractivity contribution in [3.63, 3.8) is 0 Å². The number of hydrogen-bond acceptors (Lipinski definition) is 5. The first-order valence-electron chi connectivity index (χ1n) is 5.51. The van der Waals surface area contributed by atoms with Crippen LogP contribution in [0, 0.1) is 0 Å². The highest BCUT2D eigenvalue weighted by molar-refractivity contribution is 5.31. The summed E-state index contributed by atoms with van der Waals surface area (Å²) in [5.41, 5.74) is 8.22. The van der Waals surface area contributed by atoms with Gasteiger partial charge in [-0.05, 0) is 17.5 Å². The maximum Gasteiger partial charge on any atom is 0.240 e. The lowest BCUT2D eigenvalue weighted by atomic mass is 9.95. The Balaban J connectivity index is 1.92. The van der Waals surface area contributed by atoms with Crippen molar-refractivity contribution in [3.05, 3.63) is 41.2 Å². The van der Waals surface area contributed by atoms with Crippen molar-refractivity contribution < 1.29 is 0 Å². The summed E-state index contributed by atoms with van der Waals surface area (Å²) in [6.45, 7) is 0.813. The van der Waals surface area contributed by atoms with Gasteiger partial charge >= 0.3 is 0 Å². The number of rotatable bonds is 1. The number of nitrogens with zero attached hydrogens (tertiary/aromatic N) is 3. The Morgan fingerprint density at radius 2 is 2.00 bits per heavy atom. The fourth-order valence-electron chi connectivity index (χ4n) is 2.19. The fraction of sp³-hybridized carbons (Fsp3) is 0.273. The van der Waals surface area contributed by atoms with E-state index in [-0.39, 0.29) is 12.0 Å². The van der Waals surface area contributed by atoms with E-state index in [4.69, 9.17) is 11.6 Å². The number of nitrogens with two attached hydrogens (primary N) is 2. The molecule has 0 aliphatic carbocycles. The van der Waals surface area contributed by atoms with Crippen LogP contribution < -0.4 is 16.9 Å². The first-order valence-corrected chi connectivity index (χ1v) is 5.51. The number of nitrogen functional groups attached to an aromatic ring is 2. The molecule has 6 nitrogen and oxygen atoms in total. The van der Waals surface area contributed by atoms with Crippen molar-refractivity contribution in [1.82, 2.24) is 20.2 Å². The van der Waals surface area contributed by atoms with E-state index < -0.39 is 0 Å². The molecule has 0 spiro atoms. The largest absolute Gasteiger partial charge is 0.366 e. The van der Waals surface area contributed by atoms with Gasteiger partial charge in [-0.25, -0.2) is 4.68 Å². The molecule has 88 valence electrons. The lowest BCUT2D eigenvalue weighted by Crippen LogP contribution is -2.32. The van der Waals surface area contributed by atoms with Crippen LogP contribution in [-0.2, 0) is 13.0 Å². The predicted molar refractivity (Wildman–Crippen MR) is 64.3 cm³/mol. The van der Waals surface area contributed by atoms with Gasteiger partial charge in [0, 0.05) is 6.54 Å². The van der Waals surface area contributed by atoms with Gasteiger partial charge in [0.05, 0.1) is 6.04 Å². The maximum absolute atomic E-state index is 5.78. The van der Waals surface area contributed by atoms with Gasteiger partial charge in [0.15, 0.2) is 5.82 Å². The van der Waals surface area contributed by atoms with Gasteiger partial charge in [0.25, 0.3) is 0 Å². The number of fused-ring (bicyclic) bond motifs is 1. The Morgan fingerprint density at radius 1 is 1.24 bits per heavy atom. The van der Waals surface area contributed by atoms with Crippen molar-refractivity contribution in [3.8, 4) is 0 Å². The molecule has 2 aromatic rings. The first-order chi connectivity index (χ1) is 8.25. The summed E-state index contributed by atoms with van der Waals surface area (Å²) in [5, 5.41) is 11.2. The number of benzene rings is 1. The first kappa shape index (κ1) is 10.1. The van der Waals surface area contributed by atoms with Crippen LogP contribution in [0.15, 0.2) is 24.3 Å². The van der Waals surface area contributed by atoms with Gasteiger partial charge in [-0.3, -0.25) is 0 Å². The molecule has 0 saturated carbocycles. The topological polar surface area (TPSA) is 94.8 Å². The summed E-state index contributed by atoms with van der Waals surface area (Å²) in [7, 11) is 0. The van der Waals surface area contributed by atoms with Crippen LogP contribution in [0.2, 0.25) is 0 Å². The normalized spacial score (nSPS) is 18.9. The smallest absolute Gasteiger partial charge is 0.240 e. The van der Waals surface area contributed by atoms with Crippen molar-refractivity contribution in [2.24, 2.45) is 0 Å². The molecule has 0 saturated heterocycles. The van der Waals surface area contributed by atoms with E-state index in [1.165, 1.54) is 15.8 Å². The molecule has 0 bridgehead atoms. The van der Waals surface area contributed by atoms with Crippen molar-refractivity contribution in [2.45, 2.75) is 19.0 Å². The Labute approximate surface area is 98.6 Å². The third-order valence-corrected chi connectivity index (χ3v) is 3.14. The molecule has 5 N–H and O–H groups in total. The zero-order valence-corrected chi connectivity index (χ0v) is 9.30. The molecule has 17 heavy (non-hydrogen) atoms. The molecule has 1 aromatic carbocycles. The summed E-state index contributed by atoms with van der Waals surface area (Å²) in [5.74, 6) is 6.69. The minimum atomic E-state index is 0.0692. The van der Waals surface area contributed by atoms with Gasteiger partial charge in [0.1, 0.15) is 0 Å². The zero-order chi connectivity index (χ0) is 11.8. The maximum atomic E-state index is 5.78. The molecule has 1 atom stereocenters. The molecular formula is C11H14N6. The van der Waals surface area contributed by atoms with Crippen molar-refractivity contribution in [2.75, 3.05) is 11.6 Å². The summed E-state index contributed by atoms with van der Waals surface area (Å²) in [6, 6.07) is 8.41. The highest BCUT2D eigenvalue weighted by atomic mass is 15.5. The van der Waals surface area contributed by atoms with Crippen LogP contribution in [0.5, 0.6) is 0 Å². The van der Waals surface area contributed by atoms with E-state index in [1.54, 1.807) is 0 Å². The van der Waals surface area contributed by atoms with Gasteiger partial charge in [-0.2, -0.15) is 0 Å². The summed E-state index contributed by atoms with van der Waals surface area (Å²) in [6.07, 6.45) is 0.853.